The second-order valence-corrected chi connectivity index (χ2v) is 7.43. The highest BCUT2D eigenvalue weighted by Crippen LogP contribution is 2.30. The molecule has 0 unspecified atom stereocenters. The molecule has 6 nitrogen and oxygen atoms in total. The Balaban J connectivity index is 1.57. The van der Waals surface area contributed by atoms with Crippen LogP contribution in [0.4, 0.5) is 5.69 Å². The normalized spacial score (nSPS) is 13.2. The topological polar surface area (TPSA) is 83.6 Å². The van der Waals surface area contributed by atoms with Gasteiger partial charge in [-0.25, -0.2) is 8.42 Å². The van der Waals surface area contributed by atoms with Crippen molar-refractivity contribution in [2.45, 2.75) is 18.7 Å². The van der Waals surface area contributed by atoms with Crippen LogP contribution in [0.25, 0.3) is 0 Å². The first-order chi connectivity index (χ1) is 12.4. The van der Waals surface area contributed by atoms with Crippen molar-refractivity contribution in [3.8, 4) is 0 Å². The summed E-state index contributed by atoms with van der Waals surface area (Å²) >= 11 is 5.94. The van der Waals surface area contributed by atoms with E-state index < -0.39 is 10.7 Å². The fourth-order valence-corrected chi connectivity index (χ4v) is 3.54. The molecule has 0 radical (unpaired) electrons. The number of carbonyl (C=O) groups excluding carboxylic acids is 2. The van der Waals surface area contributed by atoms with E-state index in [2.05, 4.69) is 5.32 Å². The summed E-state index contributed by atoms with van der Waals surface area (Å²) in [5, 5.41) is 3.33. The van der Waals surface area contributed by atoms with Crippen molar-refractivity contribution < 1.29 is 18.0 Å². The van der Waals surface area contributed by atoms with Gasteiger partial charge < -0.3 is 10.2 Å². The van der Waals surface area contributed by atoms with Gasteiger partial charge in [0.15, 0.2) is 0 Å². The maximum absolute atomic E-state index is 12.2. The first-order valence-electron chi connectivity index (χ1n) is 7.97. The molecule has 2 amide bonds. The van der Waals surface area contributed by atoms with Gasteiger partial charge in [0.25, 0.3) is 0 Å². The van der Waals surface area contributed by atoms with Crippen molar-refractivity contribution >= 4 is 39.8 Å². The van der Waals surface area contributed by atoms with Crippen LogP contribution in [-0.2, 0) is 39.0 Å². The molecule has 2 aromatic rings. The number of hydrogen-bond acceptors (Lipinski definition) is 4. The minimum Gasteiger partial charge on any atom is -0.350 e. The number of halogens is 1. The molecule has 0 atom stereocenters. The minimum absolute atomic E-state index is 0.00245. The molecule has 136 valence electrons. The average Bonchev–Trinajstić information content (AvgIpc) is 2.88. The molecule has 0 saturated carbocycles. The number of nitrogens with zero attached hydrogens (tertiary/aromatic N) is 1. The van der Waals surface area contributed by atoms with E-state index in [0.29, 0.717) is 22.8 Å². The molecule has 0 aromatic heterocycles. The Bertz CT molecular complexity index is 917. The van der Waals surface area contributed by atoms with Crippen LogP contribution in [-0.4, -0.2) is 26.8 Å². The van der Waals surface area contributed by atoms with E-state index in [-0.39, 0.29) is 30.5 Å². The number of benzene rings is 2. The van der Waals surface area contributed by atoms with E-state index in [1.54, 1.807) is 42.5 Å². The summed E-state index contributed by atoms with van der Waals surface area (Å²) in [5.74, 6) is -0.399. The summed E-state index contributed by atoms with van der Waals surface area (Å²) in [6.07, 6.45) is 0.243. The van der Waals surface area contributed by atoms with Gasteiger partial charge in [0.05, 0.1) is 12.2 Å². The molecular formula is C18H17ClN2O4S. The molecule has 8 heteroatoms. The fraction of sp³-hybridized carbons (Fsp3) is 0.222. The summed E-state index contributed by atoms with van der Waals surface area (Å²) in [4.78, 5) is 25.8. The van der Waals surface area contributed by atoms with E-state index in [4.69, 9.17) is 11.6 Å². The van der Waals surface area contributed by atoms with Crippen LogP contribution in [0.2, 0.25) is 5.02 Å². The van der Waals surface area contributed by atoms with E-state index in [9.17, 15) is 18.0 Å². The molecule has 0 spiro atoms. The van der Waals surface area contributed by atoms with Crippen LogP contribution >= 0.6 is 11.6 Å². The van der Waals surface area contributed by atoms with Crippen molar-refractivity contribution in [2.24, 2.45) is 0 Å². The number of amides is 2. The smallest absolute Gasteiger partial charge is 0.240 e. The van der Waals surface area contributed by atoms with E-state index in [0.717, 1.165) is 11.1 Å². The van der Waals surface area contributed by atoms with Crippen molar-refractivity contribution in [3.05, 3.63) is 64.2 Å². The third-order valence-corrected chi connectivity index (χ3v) is 4.96. The van der Waals surface area contributed by atoms with Crippen LogP contribution in [0.3, 0.4) is 0 Å². The molecular weight excluding hydrogens is 376 g/mol. The van der Waals surface area contributed by atoms with Crippen molar-refractivity contribution in [1.29, 1.82) is 0 Å². The van der Waals surface area contributed by atoms with E-state index in [1.807, 2.05) is 0 Å². The molecule has 26 heavy (non-hydrogen) atoms. The molecule has 0 fully saturated rings. The first-order valence-corrected chi connectivity index (χ1v) is 9.71. The van der Waals surface area contributed by atoms with Gasteiger partial charge in [-0.2, -0.15) is 0 Å². The zero-order valence-corrected chi connectivity index (χ0v) is 15.4. The molecule has 1 aliphatic rings. The Morgan fingerprint density at radius 2 is 1.81 bits per heavy atom. The fourth-order valence-electron chi connectivity index (χ4n) is 2.84. The summed E-state index contributed by atoms with van der Waals surface area (Å²) in [7, 11) is -2.46. The maximum Gasteiger partial charge on any atom is 0.240 e. The largest absolute Gasteiger partial charge is 0.350 e. The number of thiol groups is 1. The molecule has 1 N–H and O–H groups in total. The predicted octanol–water partition coefficient (Wildman–Crippen LogP) is 1.66. The SMILES string of the molecule is O=C(CN1C(=O)Cc2cc(Cl)ccc21)NCc1ccc(C[SH](=O)=O)cc1. The lowest BCUT2D eigenvalue weighted by Crippen LogP contribution is -2.38. The number of rotatable bonds is 6. The average molecular weight is 393 g/mol. The van der Waals surface area contributed by atoms with Crippen molar-refractivity contribution in [3.63, 3.8) is 0 Å². The molecule has 1 heterocycles. The Labute approximate surface area is 157 Å². The van der Waals surface area contributed by atoms with Crippen LogP contribution in [0.5, 0.6) is 0 Å². The highest BCUT2D eigenvalue weighted by Gasteiger charge is 2.28. The minimum atomic E-state index is -2.46. The molecule has 1 aliphatic heterocycles. The highest BCUT2D eigenvalue weighted by atomic mass is 35.5. The molecule has 0 aliphatic carbocycles. The van der Waals surface area contributed by atoms with Crippen molar-refractivity contribution in [1.82, 2.24) is 5.32 Å². The molecule has 3 rings (SSSR count). The van der Waals surface area contributed by atoms with Gasteiger partial charge >= 0.3 is 0 Å². The zero-order chi connectivity index (χ0) is 18.7. The lowest BCUT2D eigenvalue weighted by Gasteiger charge is -2.17. The van der Waals surface area contributed by atoms with Crippen LogP contribution in [0, 0.1) is 0 Å². The summed E-state index contributed by atoms with van der Waals surface area (Å²) in [6, 6.07) is 12.2. The molecule has 2 aromatic carbocycles. The lowest BCUT2D eigenvalue weighted by molar-refractivity contribution is -0.123. The van der Waals surface area contributed by atoms with Gasteiger partial charge in [-0.1, -0.05) is 35.9 Å². The summed E-state index contributed by atoms with van der Waals surface area (Å²) < 4.78 is 21.4. The second kappa shape index (κ2) is 7.88. The Morgan fingerprint density at radius 1 is 1.12 bits per heavy atom. The maximum atomic E-state index is 12.2. The van der Waals surface area contributed by atoms with Crippen LogP contribution in [0.1, 0.15) is 16.7 Å². The monoisotopic (exact) mass is 392 g/mol. The quantitative estimate of drug-likeness (QED) is 0.732. The van der Waals surface area contributed by atoms with E-state index >= 15 is 0 Å². The second-order valence-electron chi connectivity index (χ2n) is 6.01. The standard InChI is InChI=1S/C18H17ClN2O4S/c19-15-5-6-16-14(7-15)8-18(23)21(16)10-17(22)20-9-12-1-3-13(4-2-12)11-26(24)25/h1-7,26H,8-11H2,(H,20,22). The number of fused-ring (bicyclic) bond motifs is 1. The number of nitrogens with one attached hydrogen (secondary N) is 1. The van der Waals surface area contributed by atoms with Gasteiger partial charge in [-0.15, -0.1) is 0 Å². The summed E-state index contributed by atoms with van der Waals surface area (Å²) in [5.41, 5.74) is 3.09. The zero-order valence-electron chi connectivity index (χ0n) is 13.8. The Hall–Kier alpha value is -2.38. The first kappa shape index (κ1) is 18.4. The number of anilines is 1. The van der Waals surface area contributed by atoms with Gasteiger partial charge in [0.2, 0.25) is 11.8 Å². The number of carbonyl (C=O) groups is 2. The van der Waals surface area contributed by atoms with Gasteiger partial charge in [0.1, 0.15) is 17.2 Å². The van der Waals surface area contributed by atoms with Gasteiger partial charge in [-0.3, -0.25) is 9.59 Å². The predicted molar refractivity (Wildman–Crippen MR) is 99.8 cm³/mol. The Morgan fingerprint density at radius 3 is 2.50 bits per heavy atom. The van der Waals surface area contributed by atoms with E-state index in [1.165, 1.54) is 4.90 Å². The third-order valence-electron chi connectivity index (χ3n) is 4.10. The number of hydrogen-bond donors (Lipinski definition) is 2. The van der Waals surface area contributed by atoms with Crippen LogP contribution < -0.4 is 10.2 Å². The van der Waals surface area contributed by atoms with Gasteiger partial charge in [0, 0.05) is 17.3 Å². The molecule has 0 bridgehead atoms. The lowest BCUT2D eigenvalue weighted by atomic mass is 10.1. The van der Waals surface area contributed by atoms with Crippen molar-refractivity contribution in [2.75, 3.05) is 11.4 Å². The Kier molecular flexibility index (Phi) is 5.58. The highest BCUT2D eigenvalue weighted by molar-refractivity contribution is 7.71. The van der Waals surface area contributed by atoms with Crippen LogP contribution in [0.15, 0.2) is 42.5 Å². The summed E-state index contributed by atoms with van der Waals surface area (Å²) in [6.45, 7) is 0.250. The van der Waals surface area contributed by atoms with Gasteiger partial charge in [-0.05, 0) is 34.9 Å². The molecule has 0 saturated heterocycles. The third kappa shape index (κ3) is 4.42.